The van der Waals surface area contributed by atoms with Gasteiger partial charge in [0.05, 0.1) is 5.70 Å². The van der Waals surface area contributed by atoms with E-state index in [2.05, 4.69) is 0 Å². The molecule has 3 rings (SSSR count). The van der Waals surface area contributed by atoms with E-state index in [9.17, 15) is 9.59 Å². The van der Waals surface area contributed by atoms with Crippen LogP contribution in [0.2, 0.25) is 0 Å². The normalized spacial score (nSPS) is 16.6. The maximum absolute atomic E-state index is 13.1. The van der Waals surface area contributed by atoms with Crippen molar-refractivity contribution in [3.8, 4) is 0 Å². The molecule has 0 saturated heterocycles. The second-order valence-electron chi connectivity index (χ2n) is 8.43. The molecule has 0 aromatic heterocycles. The van der Waals surface area contributed by atoms with Gasteiger partial charge in [-0.25, -0.2) is 4.79 Å². The Kier molecular flexibility index (Phi) is 5.78. The van der Waals surface area contributed by atoms with E-state index in [0.29, 0.717) is 12.1 Å². The molecule has 5 nitrogen and oxygen atoms in total. The van der Waals surface area contributed by atoms with Crippen LogP contribution < -0.4 is 4.90 Å². The number of hydrogen-bond acceptors (Lipinski definition) is 4. The largest absolute Gasteiger partial charge is 0.443 e. The van der Waals surface area contributed by atoms with E-state index in [1.54, 1.807) is 6.08 Å². The van der Waals surface area contributed by atoms with E-state index < -0.39 is 17.7 Å². The zero-order valence-electron chi connectivity index (χ0n) is 17.7. The van der Waals surface area contributed by atoms with Crippen molar-refractivity contribution in [2.75, 3.05) is 19.0 Å². The number of carbonyl (C=O) groups excluding carboxylic acids is 2. The Labute approximate surface area is 172 Å². The molecular weight excluding hydrogens is 364 g/mol. The lowest BCUT2D eigenvalue weighted by Gasteiger charge is -2.30. The molecule has 2 aromatic carbocycles. The van der Waals surface area contributed by atoms with Gasteiger partial charge in [0.2, 0.25) is 0 Å². The Hall–Kier alpha value is -3.08. The van der Waals surface area contributed by atoms with Gasteiger partial charge in [0.25, 0.3) is 0 Å². The lowest BCUT2D eigenvalue weighted by molar-refractivity contribution is -0.117. The molecule has 0 fully saturated rings. The third-order valence-corrected chi connectivity index (χ3v) is 4.72. The third-order valence-electron chi connectivity index (χ3n) is 4.72. The van der Waals surface area contributed by atoms with Gasteiger partial charge < -0.3 is 9.64 Å². The highest BCUT2D eigenvalue weighted by molar-refractivity contribution is 6.09. The Balaban J connectivity index is 1.96. The monoisotopic (exact) mass is 392 g/mol. The zero-order valence-corrected chi connectivity index (χ0v) is 17.7. The number of benzene rings is 2. The molecule has 5 heteroatoms. The van der Waals surface area contributed by atoms with Gasteiger partial charge in [-0.1, -0.05) is 42.5 Å². The fourth-order valence-electron chi connectivity index (χ4n) is 3.31. The molecule has 0 aliphatic carbocycles. The molecule has 1 atom stereocenters. The zero-order chi connectivity index (χ0) is 21.2. The van der Waals surface area contributed by atoms with Crippen molar-refractivity contribution in [3.05, 3.63) is 71.8 Å². The van der Waals surface area contributed by atoms with Gasteiger partial charge >= 0.3 is 6.09 Å². The van der Waals surface area contributed by atoms with Crippen molar-refractivity contribution in [3.63, 3.8) is 0 Å². The van der Waals surface area contributed by atoms with Gasteiger partial charge in [0.1, 0.15) is 11.6 Å². The summed E-state index contributed by atoms with van der Waals surface area (Å²) in [6, 6.07) is 16.9. The van der Waals surface area contributed by atoms with Gasteiger partial charge in [-0.2, -0.15) is 0 Å². The molecule has 0 spiro atoms. The van der Waals surface area contributed by atoms with Crippen LogP contribution in [0.25, 0.3) is 5.70 Å². The molecular formula is C24H28N2O3. The highest BCUT2D eigenvalue weighted by Crippen LogP contribution is 2.32. The van der Waals surface area contributed by atoms with E-state index >= 15 is 0 Å². The highest BCUT2D eigenvalue weighted by atomic mass is 16.6. The Morgan fingerprint density at radius 2 is 1.66 bits per heavy atom. The summed E-state index contributed by atoms with van der Waals surface area (Å²) in [5.41, 5.74) is 2.78. The quantitative estimate of drug-likeness (QED) is 0.767. The third kappa shape index (κ3) is 4.86. The van der Waals surface area contributed by atoms with Crippen molar-refractivity contribution < 1.29 is 14.3 Å². The molecule has 1 aliphatic rings. The van der Waals surface area contributed by atoms with Crippen LogP contribution in [0.3, 0.4) is 0 Å². The number of rotatable bonds is 4. The molecule has 1 amide bonds. The second kappa shape index (κ2) is 8.11. The Bertz CT molecular complexity index is 909. The van der Waals surface area contributed by atoms with Crippen LogP contribution >= 0.6 is 0 Å². The van der Waals surface area contributed by atoms with Crippen LogP contribution in [0, 0.1) is 0 Å². The first-order valence-electron chi connectivity index (χ1n) is 9.75. The first-order valence-corrected chi connectivity index (χ1v) is 9.75. The number of ketones is 1. The number of nitrogens with zero attached hydrogens (tertiary/aromatic N) is 2. The van der Waals surface area contributed by atoms with E-state index in [-0.39, 0.29) is 5.78 Å². The van der Waals surface area contributed by atoms with E-state index in [1.807, 2.05) is 94.4 Å². The van der Waals surface area contributed by atoms with Gasteiger partial charge in [0, 0.05) is 32.3 Å². The maximum atomic E-state index is 13.1. The standard InChI is InChI=1S/C24H28N2O3/c1-24(2,3)29-23(28)26-20(18-11-13-19(14-12-18)25(4)5)16-22(27)21(26)15-17-9-7-6-8-10-17/h6-14,16,21H,15H2,1-5H3. The summed E-state index contributed by atoms with van der Waals surface area (Å²) >= 11 is 0. The van der Waals surface area contributed by atoms with Crippen molar-refractivity contribution >= 4 is 23.3 Å². The maximum Gasteiger partial charge on any atom is 0.415 e. The predicted octanol–water partition coefficient (Wildman–Crippen LogP) is 4.52. The van der Waals surface area contributed by atoms with Crippen LogP contribution in [-0.4, -0.2) is 42.5 Å². The SMILES string of the molecule is CN(C)c1ccc(C2=CC(=O)C(Cc3ccccc3)N2C(=O)OC(C)(C)C)cc1. The first kappa shape index (κ1) is 20.6. The molecule has 29 heavy (non-hydrogen) atoms. The fourth-order valence-corrected chi connectivity index (χ4v) is 3.31. The molecule has 0 N–H and O–H groups in total. The lowest BCUT2D eigenvalue weighted by Crippen LogP contribution is -2.43. The van der Waals surface area contributed by atoms with Crippen molar-refractivity contribution in [1.82, 2.24) is 4.90 Å². The number of carbonyl (C=O) groups is 2. The number of hydrogen-bond donors (Lipinski definition) is 0. The van der Waals surface area contributed by atoms with Crippen molar-refractivity contribution in [1.29, 1.82) is 0 Å². The molecule has 1 aliphatic heterocycles. The summed E-state index contributed by atoms with van der Waals surface area (Å²) in [7, 11) is 3.94. The molecule has 1 unspecified atom stereocenters. The molecule has 0 bridgehead atoms. The van der Waals surface area contributed by atoms with Crippen LogP contribution in [0.5, 0.6) is 0 Å². The molecule has 152 valence electrons. The molecule has 2 aromatic rings. The van der Waals surface area contributed by atoms with Crippen LogP contribution in [-0.2, 0) is 16.0 Å². The average molecular weight is 392 g/mol. The van der Waals surface area contributed by atoms with E-state index in [4.69, 9.17) is 4.74 Å². The number of amides is 1. The molecule has 1 heterocycles. The fraction of sp³-hybridized carbons (Fsp3) is 0.333. The summed E-state index contributed by atoms with van der Waals surface area (Å²) in [5, 5.41) is 0. The van der Waals surface area contributed by atoms with E-state index in [0.717, 1.165) is 16.8 Å². The van der Waals surface area contributed by atoms with Gasteiger partial charge in [-0.05, 0) is 44.0 Å². The minimum absolute atomic E-state index is 0.0913. The summed E-state index contributed by atoms with van der Waals surface area (Å²) in [6.07, 6.45) is 1.49. The van der Waals surface area contributed by atoms with E-state index in [1.165, 1.54) is 4.90 Å². The molecule has 0 saturated carbocycles. The summed E-state index contributed by atoms with van der Waals surface area (Å²) in [4.78, 5) is 29.5. The van der Waals surface area contributed by atoms with Crippen LogP contribution in [0.15, 0.2) is 60.7 Å². The van der Waals surface area contributed by atoms with Crippen molar-refractivity contribution in [2.24, 2.45) is 0 Å². The van der Waals surface area contributed by atoms with Crippen molar-refractivity contribution in [2.45, 2.75) is 38.8 Å². The first-order chi connectivity index (χ1) is 13.7. The Morgan fingerprint density at radius 3 is 2.21 bits per heavy atom. The van der Waals surface area contributed by atoms with Crippen LogP contribution in [0.1, 0.15) is 31.9 Å². The minimum Gasteiger partial charge on any atom is -0.443 e. The Morgan fingerprint density at radius 1 is 1.03 bits per heavy atom. The van der Waals surface area contributed by atoms with Crippen LogP contribution in [0.4, 0.5) is 10.5 Å². The van der Waals surface area contributed by atoms with Gasteiger partial charge in [-0.3, -0.25) is 9.69 Å². The molecule has 0 radical (unpaired) electrons. The van der Waals surface area contributed by atoms with Gasteiger partial charge in [0.15, 0.2) is 5.78 Å². The summed E-state index contributed by atoms with van der Waals surface area (Å²) in [6.45, 7) is 5.47. The highest BCUT2D eigenvalue weighted by Gasteiger charge is 2.40. The average Bonchev–Trinajstić information content (AvgIpc) is 2.98. The van der Waals surface area contributed by atoms with Gasteiger partial charge in [-0.15, -0.1) is 0 Å². The smallest absolute Gasteiger partial charge is 0.415 e. The second-order valence-corrected chi connectivity index (χ2v) is 8.43. The summed E-state index contributed by atoms with van der Waals surface area (Å²) < 4.78 is 5.64. The lowest BCUT2D eigenvalue weighted by atomic mass is 10.0. The predicted molar refractivity (Wildman–Crippen MR) is 116 cm³/mol. The number of ether oxygens (including phenoxy) is 1. The minimum atomic E-state index is -0.653. The topological polar surface area (TPSA) is 49.9 Å². The number of anilines is 1. The summed E-state index contributed by atoms with van der Waals surface area (Å²) in [5.74, 6) is -0.0913.